The number of methoxy groups -OCH3 is 1. The molecule has 0 unspecified atom stereocenters. The Kier molecular flexibility index (Phi) is 7.12. The molecule has 0 atom stereocenters. The van der Waals surface area contributed by atoms with Crippen LogP contribution >= 0.6 is 23.4 Å². The third-order valence-electron chi connectivity index (χ3n) is 4.05. The zero-order chi connectivity index (χ0) is 22.6. The van der Waals surface area contributed by atoms with Crippen LogP contribution in [0.5, 0.6) is 5.88 Å². The highest BCUT2D eigenvalue weighted by molar-refractivity contribution is 7.99. The van der Waals surface area contributed by atoms with Crippen LogP contribution in [0.15, 0.2) is 58.6 Å². The molecule has 0 fully saturated rings. The lowest BCUT2D eigenvalue weighted by Gasteiger charge is -2.24. The van der Waals surface area contributed by atoms with Crippen LogP contribution in [0.2, 0.25) is 5.02 Å². The summed E-state index contributed by atoms with van der Waals surface area (Å²) in [4.78, 5) is 18.9. The highest BCUT2D eigenvalue weighted by atomic mass is 35.5. The van der Waals surface area contributed by atoms with E-state index in [1.165, 1.54) is 16.7 Å². The molecule has 0 saturated carbocycles. The van der Waals surface area contributed by atoms with E-state index in [2.05, 4.69) is 4.98 Å². The maximum absolute atomic E-state index is 12.4. The lowest BCUT2D eigenvalue weighted by molar-refractivity contribution is 0.0283. The number of ether oxygens (including phenoxy) is 2. The largest absolute Gasteiger partial charge is 0.481 e. The fourth-order valence-corrected chi connectivity index (χ4v) is 3.86. The van der Waals surface area contributed by atoms with Crippen molar-refractivity contribution >= 4 is 29.5 Å². The fourth-order valence-electron chi connectivity index (χ4n) is 2.69. The Balaban J connectivity index is 1.92. The van der Waals surface area contributed by atoms with E-state index >= 15 is 0 Å². The Morgan fingerprint density at radius 2 is 1.97 bits per heavy atom. The van der Waals surface area contributed by atoms with Crippen molar-refractivity contribution in [2.45, 2.75) is 42.8 Å². The predicted molar refractivity (Wildman–Crippen MR) is 121 cm³/mol. The van der Waals surface area contributed by atoms with Crippen molar-refractivity contribution in [3.8, 4) is 11.6 Å². The topological polar surface area (TPSA) is 69.5 Å². The van der Waals surface area contributed by atoms with Crippen molar-refractivity contribution in [1.29, 1.82) is 0 Å². The monoisotopic (exact) mass is 460 g/mol. The highest BCUT2D eigenvalue weighted by Crippen LogP contribution is 2.33. The van der Waals surface area contributed by atoms with Crippen LogP contribution in [0, 0.1) is 0 Å². The Bertz CT molecular complexity index is 1060. The predicted octanol–water partition coefficient (Wildman–Crippen LogP) is 5.45. The van der Waals surface area contributed by atoms with Gasteiger partial charge in [-0.1, -0.05) is 35.5 Å². The molecule has 2 heterocycles. The van der Waals surface area contributed by atoms with Gasteiger partial charge in [0.25, 0.3) is 0 Å². The second kappa shape index (κ2) is 9.62. The van der Waals surface area contributed by atoms with E-state index in [9.17, 15) is 4.79 Å². The zero-order valence-electron chi connectivity index (χ0n) is 18.1. The molecule has 0 N–H and O–H groups in total. The molecule has 1 amide bonds. The lowest BCUT2D eigenvalue weighted by Crippen LogP contribution is -2.33. The summed E-state index contributed by atoms with van der Waals surface area (Å²) in [6.45, 7) is 5.80. The number of benzene rings is 1. The van der Waals surface area contributed by atoms with Gasteiger partial charge in [0.1, 0.15) is 10.6 Å². The summed E-state index contributed by atoms with van der Waals surface area (Å²) in [5, 5.41) is 6.13. The van der Waals surface area contributed by atoms with Crippen LogP contribution in [-0.2, 0) is 11.3 Å². The Labute approximate surface area is 191 Å². The van der Waals surface area contributed by atoms with Crippen LogP contribution in [0.4, 0.5) is 4.79 Å². The number of pyridine rings is 1. The van der Waals surface area contributed by atoms with E-state index in [0.29, 0.717) is 23.1 Å². The first kappa shape index (κ1) is 23.0. The van der Waals surface area contributed by atoms with Gasteiger partial charge in [0.05, 0.1) is 30.1 Å². The molecule has 3 aromatic rings. The van der Waals surface area contributed by atoms with E-state index in [-0.39, 0.29) is 0 Å². The second-order valence-corrected chi connectivity index (χ2v) is 9.31. The van der Waals surface area contributed by atoms with Gasteiger partial charge in [0.15, 0.2) is 0 Å². The molecule has 0 aliphatic rings. The van der Waals surface area contributed by atoms with Crippen LogP contribution in [0.25, 0.3) is 5.69 Å². The van der Waals surface area contributed by atoms with Crippen LogP contribution in [0.3, 0.4) is 0 Å². The maximum Gasteiger partial charge on any atom is 0.410 e. The molecule has 9 heteroatoms. The molecule has 0 aliphatic carbocycles. The highest BCUT2D eigenvalue weighted by Gasteiger charge is 2.21. The minimum Gasteiger partial charge on any atom is -0.481 e. The number of carbonyl (C=O) groups is 1. The number of para-hydroxylation sites is 1. The molecule has 0 bridgehead atoms. The van der Waals surface area contributed by atoms with Gasteiger partial charge in [0.2, 0.25) is 5.88 Å². The summed E-state index contributed by atoms with van der Waals surface area (Å²) >= 11 is 7.94. The minimum atomic E-state index is -0.566. The smallest absolute Gasteiger partial charge is 0.410 e. The Hall–Kier alpha value is -2.71. The van der Waals surface area contributed by atoms with Gasteiger partial charge in [-0.05, 0) is 45.0 Å². The molecule has 164 valence electrons. The van der Waals surface area contributed by atoms with Gasteiger partial charge in [-0.3, -0.25) is 0 Å². The Morgan fingerprint density at radius 3 is 2.65 bits per heavy atom. The van der Waals surface area contributed by atoms with Crippen molar-refractivity contribution in [3.05, 3.63) is 59.4 Å². The number of nitrogens with zero attached hydrogens (tertiary/aromatic N) is 4. The maximum atomic E-state index is 12.4. The molecule has 0 spiro atoms. The Morgan fingerprint density at radius 1 is 1.23 bits per heavy atom. The van der Waals surface area contributed by atoms with E-state index in [1.54, 1.807) is 25.0 Å². The quantitative estimate of drug-likeness (QED) is 0.487. The van der Waals surface area contributed by atoms with E-state index in [0.717, 1.165) is 15.6 Å². The third-order valence-corrected chi connectivity index (χ3v) is 5.36. The summed E-state index contributed by atoms with van der Waals surface area (Å²) in [7, 11) is 3.26. The minimum absolute atomic E-state index is 0.291. The number of hydrogen-bond acceptors (Lipinski definition) is 6. The van der Waals surface area contributed by atoms with E-state index < -0.39 is 11.7 Å². The van der Waals surface area contributed by atoms with Gasteiger partial charge in [-0.25, -0.2) is 14.5 Å². The number of carbonyl (C=O) groups excluding carboxylic acids is 1. The molecule has 31 heavy (non-hydrogen) atoms. The normalized spacial score (nSPS) is 11.3. The van der Waals surface area contributed by atoms with Crippen LogP contribution < -0.4 is 4.74 Å². The van der Waals surface area contributed by atoms with Gasteiger partial charge in [0, 0.05) is 24.2 Å². The summed E-state index contributed by atoms with van der Waals surface area (Å²) in [5.41, 5.74) is 0.889. The molecule has 1 aromatic carbocycles. The summed E-state index contributed by atoms with van der Waals surface area (Å²) in [6.07, 6.45) is 1.28. The fraction of sp³-hybridized carbons (Fsp3) is 0.318. The van der Waals surface area contributed by atoms with Gasteiger partial charge >= 0.3 is 6.09 Å². The van der Waals surface area contributed by atoms with E-state index in [4.69, 9.17) is 26.2 Å². The van der Waals surface area contributed by atoms with Crippen molar-refractivity contribution < 1.29 is 14.3 Å². The first-order valence-electron chi connectivity index (χ1n) is 9.62. The molecule has 0 aliphatic heterocycles. The number of hydrogen-bond donors (Lipinski definition) is 0. The molecule has 0 radical (unpaired) electrons. The van der Waals surface area contributed by atoms with Crippen molar-refractivity contribution in [2.75, 3.05) is 14.2 Å². The average Bonchev–Trinajstić information content (AvgIpc) is 3.09. The molecule has 3 rings (SSSR count). The van der Waals surface area contributed by atoms with E-state index in [1.807, 2.05) is 63.2 Å². The van der Waals surface area contributed by atoms with Crippen LogP contribution in [-0.4, -0.2) is 45.5 Å². The summed E-state index contributed by atoms with van der Waals surface area (Å²) in [5.74, 6) is 0.527. The second-order valence-electron chi connectivity index (χ2n) is 7.81. The van der Waals surface area contributed by atoms with Crippen molar-refractivity contribution in [1.82, 2.24) is 19.7 Å². The van der Waals surface area contributed by atoms with Crippen LogP contribution in [0.1, 0.15) is 26.5 Å². The summed E-state index contributed by atoms with van der Waals surface area (Å²) in [6, 6.07) is 13.2. The number of halogens is 1. The number of rotatable bonds is 6. The van der Waals surface area contributed by atoms with Gasteiger partial charge in [-0.2, -0.15) is 5.10 Å². The van der Waals surface area contributed by atoms with Crippen molar-refractivity contribution in [3.63, 3.8) is 0 Å². The standard InChI is InChI=1S/C22H25ClN4O3S/c1-22(2,3)30-21(28)26(4)14-15-12-20(31-16-10-11-24-19(13-16)29-5)27(25-15)18-9-7-6-8-17(18)23/h6-13H,14H2,1-5H3. The average molecular weight is 461 g/mol. The third kappa shape index (κ3) is 6.15. The molecular formula is C22H25ClN4O3S. The molecular weight excluding hydrogens is 436 g/mol. The number of amides is 1. The van der Waals surface area contributed by atoms with Crippen molar-refractivity contribution in [2.24, 2.45) is 0 Å². The molecule has 7 nitrogen and oxygen atoms in total. The zero-order valence-corrected chi connectivity index (χ0v) is 19.7. The summed E-state index contributed by atoms with van der Waals surface area (Å²) < 4.78 is 12.4. The lowest BCUT2D eigenvalue weighted by atomic mass is 10.2. The first-order valence-corrected chi connectivity index (χ1v) is 10.8. The SMILES string of the molecule is COc1cc(Sc2cc(CN(C)C(=O)OC(C)(C)C)nn2-c2ccccc2Cl)ccn1. The first-order chi connectivity index (χ1) is 14.7. The molecule has 2 aromatic heterocycles. The molecule has 0 saturated heterocycles. The van der Waals surface area contributed by atoms with Gasteiger partial charge < -0.3 is 14.4 Å². The van der Waals surface area contributed by atoms with Gasteiger partial charge in [-0.15, -0.1) is 0 Å². The number of aromatic nitrogens is 3.